The number of sulfonamides is 1. The minimum Gasteiger partial charge on any atom is -0.313 e. The lowest BCUT2D eigenvalue weighted by Gasteiger charge is -2.11. The van der Waals surface area contributed by atoms with E-state index < -0.39 is 10.0 Å². The van der Waals surface area contributed by atoms with Crippen molar-refractivity contribution < 1.29 is 12.8 Å². The predicted octanol–water partition coefficient (Wildman–Crippen LogP) is 1.93. The Balaban J connectivity index is 3.12. The fourth-order valence-corrected chi connectivity index (χ4v) is 2.94. The third-order valence-electron chi connectivity index (χ3n) is 2.72. The van der Waals surface area contributed by atoms with Gasteiger partial charge < -0.3 is 5.32 Å². The first-order valence-electron chi connectivity index (χ1n) is 6.41. The Kier molecular flexibility index (Phi) is 5.90. The highest BCUT2D eigenvalue weighted by Crippen LogP contribution is 2.19. The molecule has 0 aliphatic rings. The van der Waals surface area contributed by atoms with Gasteiger partial charge in [-0.2, -0.15) is 0 Å². The smallest absolute Gasteiger partial charge is 0.240 e. The van der Waals surface area contributed by atoms with Crippen LogP contribution >= 0.6 is 0 Å². The fraction of sp³-hybridized carbons (Fsp3) is 0.538. The van der Waals surface area contributed by atoms with E-state index in [9.17, 15) is 12.8 Å². The van der Waals surface area contributed by atoms with E-state index in [0.717, 1.165) is 0 Å². The van der Waals surface area contributed by atoms with E-state index in [2.05, 4.69) is 10.0 Å². The molecule has 1 aromatic carbocycles. The third kappa shape index (κ3) is 4.26. The van der Waals surface area contributed by atoms with Gasteiger partial charge in [0, 0.05) is 18.7 Å². The summed E-state index contributed by atoms with van der Waals surface area (Å²) >= 11 is 0. The molecule has 0 amide bonds. The van der Waals surface area contributed by atoms with Crippen molar-refractivity contribution in [1.82, 2.24) is 10.0 Å². The van der Waals surface area contributed by atoms with Crippen LogP contribution in [0.5, 0.6) is 0 Å². The predicted molar refractivity (Wildman–Crippen MR) is 74.0 cm³/mol. The summed E-state index contributed by atoms with van der Waals surface area (Å²) in [6.07, 6.45) is 0.712. The maximum Gasteiger partial charge on any atom is 0.240 e. The zero-order chi connectivity index (χ0) is 14.5. The number of hydrogen-bond donors (Lipinski definition) is 2. The van der Waals surface area contributed by atoms with Crippen molar-refractivity contribution in [2.75, 3.05) is 13.1 Å². The van der Waals surface area contributed by atoms with Gasteiger partial charge in [0.2, 0.25) is 10.0 Å². The van der Waals surface area contributed by atoms with Crippen molar-refractivity contribution in [3.63, 3.8) is 0 Å². The molecular weight excluding hydrogens is 267 g/mol. The highest BCUT2D eigenvalue weighted by Gasteiger charge is 2.17. The summed E-state index contributed by atoms with van der Waals surface area (Å²) in [4.78, 5) is 0.118. The molecule has 0 spiro atoms. The molecular formula is C13H21FN2O2S. The van der Waals surface area contributed by atoms with Crippen LogP contribution in [-0.4, -0.2) is 21.5 Å². The van der Waals surface area contributed by atoms with E-state index in [1.165, 1.54) is 12.1 Å². The second-order valence-electron chi connectivity index (χ2n) is 4.39. The van der Waals surface area contributed by atoms with Gasteiger partial charge in [-0.15, -0.1) is 0 Å². The summed E-state index contributed by atoms with van der Waals surface area (Å²) in [7, 11) is -3.55. The molecule has 0 bridgehead atoms. The Morgan fingerprint density at radius 2 is 1.95 bits per heavy atom. The van der Waals surface area contributed by atoms with E-state index in [1.54, 1.807) is 6.92 Å². The van der Waals surface area contributed by atoms with Crippen molar-refractivity contribution in [3.8, 4) is 0 Å². The maximum atomic E-state index is 13.9. The lowest BCUT2D eigenvalue weighted by atomic mass is 10.1. The van der Waals surface area contributed by atoms with Gasteiger partial charge in [0.05, 0.1) is 4.90 Å². The average Bonchev–Trinajstić information content (AvgIpc) is 2.37. The molecule has 0 aliphatic carbocycles. The first-order valence-corrected chi connectivity index (χ1v) is 7.90. The van der Waals surface area contributed by atoms with E-state index in [-0.39, 0.29) is 10.7 Å². The summed E-state index contributed by atoms with van der Waals surface area (Å²) < 4.78 is 40.4. The Bertz CT molecular complexity index is 530. The second-order valence-corrected chi connectivity index (χ2v) is 6.16. The molecule has 6 heteroatoms. The van der Waals surface area contributed by atoms with Crippen LogP contribution in [0.1, 0.15) is 31.4 Å². The summed E-state index contributed by atoms with van der Waals surface area (Å²) in [5.74, 6) is -0.351. The second kappa shape index (κ2) is 6.98. The summed E-state index contributed by atoms with van der Waals surface area (Å²) in [5.41, 5.74) is 0.714. The van der Waals surface area contributed by atoms with Crippen LogP contribution in [-0.2, 0) is 16.6 Å². The van der Waals surface area contributed by atoms with Gasteiger partial charge >= 0.3 is 0 Å². The Hall–Kier alpha value is -0.980. The molecule has 19 heavy (non-hydrogen) atoms. The van der Waals surface area contributed by atoms with Gasteiger partial charge in [0.25, 0.3) is 0 Å². The monoisotopic (exact) mass is 288 g/mol. The van der Waals surface area contributed by atoms with Crippen LogP contribution in [0.3, 0.4) is 0 Å². The molecule has 108 valence electrons. The number of nitrogens with one attached hydrogen (secondary N) is 2. The summed E-state index contributed by atoms with van der Waals surface area (Å²) in [5, 5.41) is 3.00. The summed E-state index contributed by atoms with van der Waals surface area (Å²) in [6.45, 7) is 6.76. The molecule has 4 nitrogen and oxygen atoms in total. The lowest BCUT2D eigenvalue weighted by Crippen LogP contribution is -2.25. The molecule has 0 aliphatic heterocycles. The minimum atomic E-state index is -3.55. The average molecular weight is 288 g/mol. The Morgan fingerprint density at radius 3 is 2.53 bits per heavy atom. The van der Waals surface area contributed by atoms with Gasteiger partial charge in [-0.25, -0.2) is 17.5 Å². The normalized spacial score (nSPS) is 11.8. The SMILES string of the molecule is CCCNS(=O)(=O)c1cc(C)c(F)c(CNCC)c1. The quantitative estimate of drug-likeness (QED) is 0.806. The van der Waals surface area contributed by atoms with Crippen molar-refractivity contribution >= 4 is 10.0 Å². The minimum absolute atomic E-state index is 0.118. The molecule has 1 aromatic rings. The first kappa shape index (κ1) is 16.1. The number of hydrogen-bond acceptors (Lipinski definition) is 3. The molecule has 1 rings (SSSR count). The van der Waals surface area contributed by atoms with E-state index in [1.807, 2.05) is 13.8 Å². The van der Waals surface area contributed by atoms with Crippen LogP contribution in [0, 0.1) is 12.7 Å². The van der Waals surface area contributed by atoms with Crippen molar-refractivity contribution in [2.24, 2.45) is 0 Å². The molecule has 0 aromatic heterocycles. The zero-order valence-corrected chi connectivity index (χ0v) is 12.4. The Morgan fingerprint density at radius 1 is 1.26 bits per heavy atom. The standard InChI is InChI=1S/C13H21FN2O2S/c1-4-6-16-19(17,18)12-7-10(3)13(14)11(8-12)9-15-5-2/h7-8,15-16H,4-6,9H2,1-3H3. The van der Waals surface area contributed by atoms with Gasteiger partial charge in [0.15, 0.2) is 0 Å². The zero-order valence-electron chi connectivity index (χ0n) is 11.6. The van der Waals surface area contributed by atoms with E-state index >= 15 is 0 Å². The molecule has 0 saturated carbocycles. The summed E-state index contributed by atoms with van der Waals surface area (Å²) in [6, 6.07) is 2.76. The van der Waals surface area contributed by atoms with Gasteiger partial charge in [-0.1, -0.05) is 13.8 Å². The third-order valence-corrected chi connectivity index (χ3v) is 4.16. The highest BCUT2D eigenvalue weighted by atomic mass is 32.2. The molecule has 0 atom stereocenters. The topological polar surface area (TPSA) is 58.2 Å². The molecule has 0 heterocycles. The van der Waals surface area contributed by atoms with Gasteiger partial charge in [0.1, 0.15) is 5.82 Å². The number of aryl methyl sites for hydroxylation is 1. The van der Waals surface area contributed by atoms with E-state index in [4.69, 9.17) is 0 Å². The van der Waals surface area contributed by atoms with Crippen LogP contribution in [0.15, 0.2) is 17.0 Å². The van der Waals surface area contributed by atoms with Crippen LogP contribution in [0.4, 0.5) is 4.39 Å². The first-order chi connectivity index (χ1) is 8.92. The largest absolute Gasteiger partial charge is 0.313 e. The molecule has 0 fully saturated rings. The number of halogens is 1. The maximum absolute atomic E-state index is 13.9. The highest BCUT2D eigenvalue weighted by molar-refractivity contribution is 7.89. The van der Waals surface area contributed by atoms with Crippen molar-refractivity contribution in [2.45, 2.75) is 38.6 Å². The van der Waals surface area contributed by atoms with Crippen molar-refractivity contribution in [1.29, 1.82) is 0 Å². The molecule has 0 saturated heterocycles. The lowest BCUT2D eigenvalue weighted by molar-refractivity contribution is 0.572. The number of benzene rings is 1. The van der Waals surface area contributed by atoms with Gasteiger partial charge in [-0.3, -0.25) is 0 Å². The van der Waals surface area contributed by atoms with Crippen LogP contribution < -0.4 is 10.0 Å². The molecule has 0 radical (unpaired) electrons. The number of rotatable bonds is 7. The van der Waals surface area contributed by atoms with Crippen LogP contribution in [0.25, 0.3) is 0 Å². The fourth-order valence-electron chi connectivity index (χ4n) is 1.67. The molecule has 0 unspecified atom stereocenters. The Labute approximate surface area is 114 Å². The van der Waals surface area contributed by atoms with Gasteiger partial charge in [-0.05, 0) is 37.6 Å². The van der Waals surface area contributed by atoms with E-state index in [0.29, 0.717) is 37.2 Å². The molecule has 2 N–H and O–H groups in total. The van der Waals surface area contributed by atoms with Crippen molar-refractivity contribution in [3.05, 3.63) is 29.1 Å². The van der Waals surface area contributed by atoms with Crippen LogP contribution in [0.2, 0.25) is 0 Å².